The van der Waals surface area contributed by atoms with E-state index in [2.05, 4.69) is 57.7 Å². The van der Waals surface area contributed by atoms with Crippen molar-refractivity contribution in [3.05, 3.63) is 53.9 Å². The number of benzene rings is 3. The quantitative estimate of drug-likeness (QED) is 0.0696. The first-order valence-electron chi connectivity index (χ1n) is 17.2. The van der Waals surface area contributed by atoms with E-state index in [0.29, 0.717) is 57.8 Å². The number of carbonyl (C=O) groups excluding carboxylic acids is 1. The SMILES string of the molecule is CCN(CCCC(=O)CCCOCCOCCC(=O)O)c1cc(OC)c(-c2c3ccc(=[N+](C)C)cc-3oc3cc(N(C)C)ccc23)cc1OC. The number of Topliss-reactive ketones (excluding diaryl/α,β-unsaturated/α-hetero) is 1. The summed E-state index contributed by atoms with van der Waals surface area (Å²) in [5.74, 6) is 1.52. The number of hydrogen-bond acceptors (Lipinski definition) is 9. The second-order valence-electron chi connectivity index (χ2n) is 12.5. The Bertz CT molecular complexity index is 1790. The summed E-state index contributed by atoms with van der Waals surface area (Å²) in [6, 6.07) is 16.6. The maximum Gasteiger partial charge on any atom is 0.305 e. The molecule has 1 heterocycles. The van der Waals surface area contributed by atoms with E-state index in [1.807, 2.05) is 40.3 Å². The number of aliphatic carboxylic acids is 1. The first-order chi connectivity index (χ1) is 24.1. The summed E-state index contributed by atoms with van der Waals surface area (Å²) < 4.78 is 31.4. The summed E-state index contributed by atoms with van der Waals surface area (Å²) in [7, 11) is 11.4. The maximum atomic E-state index is 12.6. The Labute approximate surface area is 295 Å². The second-order valence-corrected chi connectivity index (χ2v) is 12.5. The molecule has 11 heteroatoms. The third-order valence-corrected chi connectivity index (χ3v) is 8.67. The fraction of sp³-hybridized carbons (Fsp3) is 0.462. The van der Waals surface area contributed by atoms with E-state index in [4.69, 9.17) is 28.5 Å². The van der Waals surface area contributed by atoms with Gasteiger partial charge in [-0.05, 0) is 44.0 Å². The fourth-order valence-electron chi connectivity index (χ4n) is 5.93. The number of ketones is 1. The predicted octanol–water partition coefficient (Wildman–Crippen LogP) is 5.78. The molecule has 2 aromatic carbocycles. The highest BCUT2D eigenvalue weighted by Gasteiger charge is 2.24. The summed E-state index contributed by atoms with van der Waals surface area (Å²) in [5.41, 5.74) is 5.58. The molecule has 0 spiro atoms. The number of hydrogen-bond donors (Lipinski definition) is 1. The van der Waals surface area contributed by atoms with E-state index in [9.17, 15) is 9.59 Å². The van der Waals surface area contributed by atoms with Crippen LogP contribution < -0.4 is 29.2 Å². The van der Waals surface area contributed by atoms with Crippen LogP contribution in [0.2, 0.25) is 0 Å². The summed E-state index contributed by atoms with van der Waals surface area (Å²) in [6.07, 6.45) is 2.25. The molecule has 0 fully saturated rings. The zero-order chi connectivity index (χ0) is 36.2. The van der Waals surface area contributed by atoms with Crippen LogP contribution >= 0.6 is 0 Å². The normalized spacial score (nSPS) is 11.2. The van der Waals surface area contributed by atoms with Crippen LogP contribution in [0.1, 0.15) is 39.0 Å². The first-order valence-corrected chi connectivity index (χ1v) is 17.2. The molecule has 0 amide bonds. The molecular formula is C39H52N3O8+. The molecule has 0 radical (unpaired) electrons. The summed E-state index contributed by atoms with van der Waals surface area (Å²) >= 11 is 0. The summed E-state index contributed by atoms with van der Waals surface area (Å²) in [6.45, 7) is 4.86. The molecule has 0 aromatic heterocycles. The zero-order valence-electron chi connectivity index (χ0n) is 30.5. The highest BCUT2D eigenvalue weighted by atomic mass is 16.5. The zero-order valence-corrected chi connectivity index (χ0v) is 30.5. The van der Waals surface area contributed by atoms with E-state index < -0.39 is 5.97 Å². The highest BCUT2D eigenvalue weighted by molar-refractivity contribution is 6.04. The van der Waals surface area contributed by atoms with Crippen LogP contribution in [-0.4, -0.2) is 98.8 Å². The van der Waals surface area contributed by atoms with Gasteiger partial charge in [0.05, 0.1) is 52.2 Å². The average molecular weight is 691 g/mol. The van der Waals surface area contributed by atoms with E-state index in [-0.39, 0.29) is 18.8 Å². The number of carboxylic acids is 1. The van der Waals surface area contributed by atoms with E-state index >= 15 is 0 Å². The molecule has 1 aliphatic heterocycles. The lowest BCUT2D eigenvalue weighted by molar-refractivity contribution is -0.138. The average Bonchev–Trinajstić information content (AvgIpc) is 3.10. The van der Waals surface area contributed by atoms with Crippen molar-refractivity contribution >= 4 is 34.1 Å². The number of anilines is 2. The van der Waals surface area contributed by atoms with E-state index in [0.717, 1.165) is 62.4 Å². The minimum absolute atomic E-state index is 0.0225. The molecule has 1 aliphatic carbocycles. The molecule has 4 rings (SSSR count). The van der Waals surface area contributed by atoms with E-state index in [1.54, 1.807) is 14.2 Å². The lowest BCUT2D eigenvalue weighted by atomic mass is 9.92. The monoisotopic (exact) mass is 690 g/mol. The van der Waals surface area contributed by atoms with Crippen LogP contribution in [0.5, 0.6) is 11.5 Å². The van der Waals surface area contributed by atoms with Crippen LogP contribution in [-0.2, 0) is 19.1 Å². The van der Waals surface area contributed by atoms with Crippen molar-refractivity contribution in [2.75, 3.05) is 91.7 Å². The van der Waals surface area contributed by atoms with Gasteiger partial charge >= 0.3 is 5.97 Å². The Morgan fingerprint density at radius 3 is 2.20 bits per heavy atom. The van der Waals surface area contributed by atoms with Gasteiger partial charge in [-0.25, -0.2) is 4.58 Å². The molecule has 0 saturated heterocycles. The van der Waals surface area contributed by atoms with Crippen molar-refractivity contribution in [1.29, 1.82) is 0 Å². The summed E-state index contributed by atoms with van der Waals surface area (Å²) in [4.78, 5) is 27.4. The first kappa shape index (κ1) is 38.2. The molecule has 2 aliphatic rings. The van der Waals surface area contributed by atoms with Gasteiger partial charge in [0.1, 0.15) is 42.7 Å². The molecule has 0 saturated carbocycles. The van der Waals surface area contributed by atoms with Crippen molar-refractivity contribution < 1.29 is 38.1 Å². The molecule has 2 aromatic rings. The Morgan fingerprint density at radius 2 is 1.54 bits per heavy atom. The Kier molecular flexibility index (Phi) is 14.1. The number of nitrogens with zero attached hydrogens (tertiary/aromatic N) is 3. The van der Waals surface area contributed by atoms with Gasteiger partial charge in [0.15, 0.2) is 0 Å². The lowest BCUT2D eigenvalue weighted by Gasteiger charge is -2.27. The van der Waals surface area contributed by atoms with Crippen molar-refractivity contribution in [2.45, 2.75) is 39.0 Å². The molecular weight excluding hydrogens is 638 g/mol. The van der Waals surface area contributed by atoms with Crippen LogP contribution in [0.15, 0.2) is 52.9 Å². The second kappa shape index (κ2) is 18.4. The lowest BCUT2D eigenvalue weighted by Crippen LogP contribution is -2.25. The summed E-state index contributed by atoms with van der Waals surface area (Å²) in [5, 5.41) is 10.6. The topological polar surface area (TPSA) is 114 Å². The molecule has 0 atom stereocenters. The molecule has 11 nitrogen and oxygen atoms in total. The standard InChI is InChI=1S/C39H51N3O8/c1-8-42(18-9-11-29(43)12-10-19-48-21-22-49-20-17-38(44)45)33-26-34(46-6)32(25-37(33)47-7)39-30-15-13-27(40(2)3)23-35(30)50-36-24-28(41(4)5)14-16-31(36)39/h13-16,23-26H,8-12,17-22H2,1-7H3/p+1. The number of carbonyl (C=O) groups is 2. The van der Waals surface area contributed by atoms with Crippen LogP contribution in [0.25, 0.3) is 33.4 Å². The minimum Gasteiger partial charge on any atom is -0.496 e. The van der Waals surface area contributed by atoms with Crippen molar-refractivity contribution in [3.8, 4) is 33.9 Å². The third-order valence-electron chi connectivity index (χ3n) is 8.67. The Balaban J connectivity index is 1.53. The van der Waals surface area contributed by atoms with Crippen molar-refractivity contribution in [3.63, 3.8) is 0 Å². The van der Waals surface area contributed by atoms with Crippen molar-refractivity contribution in [1.82, 2.24) is 4.58 Å². The molecule has 50 heavy (non-hydrogen) atoms. The Hall–Kier alpha value is -4.61. The predicted molar refractivity (Wildman–Crippen MR) is 198 cm³/mol. The van der Waals surface area contributed by atoms with Gasteiger partial charge in [0.25, 0.3) is 0 Å². The minimum atomic E-state index is -0.885. The number of rotatable bonds is 20. The number of methoxy groups -OCH3 is 2. The fourth-order valence-corrected chi connectivity index (χ4v) is 5.93. The van der Waals surface area contributed by atoms with Gasteiger partial charge in [0, 0.05) is 92.6 Å². The molecule has 270 valence electrons. The largest absolute Gasteiger partial charge is 0.496 e. The van der Waals surface area contributed by atoms with Gasteiger partial charge in [-0.1, -0.05) is 0 Å². The van der Waals surface area contributed by atoms with Crippen LogP contribution in [0.4, 0.5) is 11.4 Å². The highest BCUT2D eigenvalue weighted by Crippen LogP contribution is 2.47. The van der Waals surface area contributed by atoms with Gasteiger partial charge in [-0.15, -0.1) is 0 Å². The van der Waals surface area contributed by atoms with Crippen LogP contribution in [0.3, 0.4) is 0 Å². The van der Waals surface area contributed by atoms with Gasteiger partial charge < -0.3 is 38.3 Å². The van der Waals surface area contributed by atoms with Gasteiger partial charge in [-0.3, -0.25) is 9.59 Å². The number of ether oxygens (including phenoxy) is 4. The number of carboxylic acid groups (broad SMARTS) is 1. The molecule has 0 unspecified atom stereocenters. The third kappa shape index (κ3) is 9.76. The molecule has 0 bridgehead atoms. The van der Waals surface area contributed by atoms with Crippen molar-refractivity contribution in [2.24, 2.45) is 0 Å². The van der Waals surface area contributed by atoms with Gasteiger partial charge in [0.2, 0.25) is 5.36 Å². The maximum absolute atomic E-state index is 12.6. The van der Waals surface area contributed by atoms with Crippen LogP contribution in [0, 0.1) is 0 Å². The number of fused-ring (bicyclic) bond motifs is 2. The Morgan fingerprint density at radius 1 is 0.820 bits per heavy atom. The smallest absolute Gasteiger partial charge is 0.305 e. The van der Waals surface area contributed by atoms with Gasteiger partial charge in [-0.2, -0.15) is 0 Å². The molecule has 1 N–H and O–H groups in total. The van der Waals surface area contributed by atoms with E-state index in [1.165, 1.54) is 0 Å².